The van der Waals surface area contributed by atoms with Gasteiger partial charge in [-0.3, -0.25) is 0 Å². The minimum atomic E-state index is 0.191. The average molecular weight is 233 g/mol. The Balaban J connectivity index is 2.02. The van der Waals surface area contributed by atoms with Gasteiger partial charge in [-0.05, 0) is 30.2 Å². The first-order valence-electron chi connectivity index (χ1n) is 6.47. The number of rotatable bonds is 4. The van der Waals surface area contributed by atoms with Gasteiger partial charge in [0, 0.05) is 12.1 Å². The van der Waals surface area contributed by atoms with Crippen molar-refractivity contribution in [2.45, 2.75) is 45.2 Å². The topological polar surface area (TPSA) is 32.3 Å². The zero-order chi connectivity index (χ0) is 12.5. The second kappa shape index (κ2) is 4.79. The third kappa shape index (κ3) is 2.38. The van der Waals surface area contributed by atoms with E-state index in [0.717, 1.165) is 0 Å². The normalized spacial score (nSPS) is 28.5. The predicted octanol–water partition coefficient (Wildman–Crippen LogP) is 2.54. The SMILES string of the molecule is CC(CO)NC1CC(c2ccccc2)C1(C)C. The smallest absolute Gasteiger partial charge is 0.0582 e. The molecule has 0 spiro atoms. The first-order chi connectivity index (χ1) is 8.05. The van der Waals surface area contributed by atoms with Gasteiger partial charge in [0.05, 0.1) is 6.61 Å². The van der Waals surface area contributed by atoms with Crippen molar-refractivity contribution in [2.75, 3.05) is 6.61 Å². The van der Waals surface area contributed by atoms with Crippen LogP contribution < -0.4 is 5.32 Å². The van der Waals surface area contributed by atoms with Crippen molar-refractivity contribution < 1.29 is 5.11 Å². The molecule has 1 saturated carbocycles. The van der Waals surface area contributed by atoms with Crippen molar-refractivity contribution in [3.05, 3.63) is 35.9 Å². The highest BCUT2D eigenvalue weighted by Crippen LogP contribution is 2.52. The van der Waals surface area contributed by atoms with Gasteiger partial charge in [-0.25, -0.2) is 0 Å². The molecule has 3 unspecified atom stereocenters. The summed E-state index contributed by atoms with van der Waals surface area (Å²) in [6.07, 6.45) is 1.17. The summed E-state index contributed by atoms with van der Waals surface area (Å²) in [7, 11) is 0. The predicted molar refractivity (Wildman–Crippen MR) is 71.1 cm³/mol. The molecule has 1 fully saturated rings. The zero-order valence-corrected chi connectivity index (χ0v) is 11.0. The molecule has 2 nitrogen and oxygen atoms in total. The Morgan fingerprint density at radius 1 is 1.35 bits per heavy atom. The monoisotopic (exact) mass is 233 g/mol. The van der Waals surface area contributed by atoms with Crippen molar-refractivity contribution in [1.82, 2.24) is 5.32 Å². The van der Waals surface area contributed by atoms with Gasteiger partial charge in [0.2, 0.25) is 0 Å². The fourth-order valence-corrected chi connectivity index (χ4v) is 2.86. The van der Waals surface area contributed by atoms with E-state index >= 15 is 0 Å². The molecule has 0 bridgehead atoms. The lowest BCUT2D eigenvalue weighted by atomic mass is 9.56. The molecule has 2 heteroatoms. The van der Waals surface area contributed by atoms with Crippen LogP contribution in [-0.4, -0.2) is 23.8 Å². The highest BCUT2D eigenvalue weighted by atomic mass is 16.3. The molecule has 0 aromatic heterocycles. The van der Waals surface area contributed by atoms with Crippen molar-refractivity contribution in [2.24, 2.45) is 5.41 Å². The van der Waals surface area contributed by atoms with Crippen LogP contribution in [-0.2, 0) is 0 Å². The first kappa shape index (κ1) is 12.6. The van der Waals surface area contributed by atoms with E-state index in [9.17, 15) is 0 Å². The number of hydrogen-bond donors (Lipinski definition) is 2. The molecule has 1 aliphatic carbocycles. The fraction of sp³-hybridized carbons (Fsp3) is 0.600. The first-order valence-corrected chi connectivity index (χ1v) is 6.47. The molecule has 0 saturated heterocycles. The van der Waals surface area contributed by atoms with Gasteiger partial charge in [0.1, 0.15) is 0 Å². The maximum absolute atomic E-state index is 9.09. The molecule has 0 amide bonds. The molecule has 1 aliphatic rings. The van der Waals surface area contributed by atoms with E-state index in [0.29, 0.717) is 12.0 Å². The maximum atomic E-state index is 9.09. The molecule has 17 heavy (non-hydrogen) atoms. The Hall–Kier alpha value is -0.860. The summed E-state index contributed by atoms with van der Waals surface area (Å²) in [5.41, 5.74) is 1.71. The van der Waals surface area contributed by atoms with Crippen LogP contribution in [0, 0.1) is 5.41 Å². The zero-order valence-electron chi connectivity index (χ0n) is 11.0. The molecular formula is C15H23NO. The number of benzene rings is 1. The number of nitrogens with one attached hydrogen (secondary N) is 1. The van der Waals surface area contributed by atoms with E-state index in [1.165, 1.54) is 12.0 Å². The van der Waals surface area contributed by atoms with Gasteiger partial charge >= 0.3 is 0 Å². The Labute approximate surface area is 104 Å². The third-order valence-corrected chi connectivity index (χ3v) is 4.23. The van der Waals surface area contributed by atoms with Gasteiger partial charge < -0.3 is 10.4 Å². The average Bonchev–Trinajstić information content (AvgIpc) is 2.34. The highest BCUT2D eigenvalue weighted by Gasteiger charge is 2.48. The van der Waals surface area contributed by atoms with Crippen LogP contribution in [0.2, 0.25) is 0 Å². The lowest BCUT2D eigenvalue weighted by Crippen LogP contribution is -2.58. The lowest BCUT2D eigenvalue weighted by Gasteiger charge is -2.53. The van der Waals surface area contributed by atoms with E-state index in [1.807, 2.05) is 6.92 Å². The molecular weight excluding hydrogens is 210 g/mol. The van der Waals surface area contributed by atoms with Gasteiger partial charge in [-0.15, -0.1) is 0 Å². The van der Waals surface area contributed by atoms with Crippen molar-refractivity contribution >= 4 is 0 Å². The van der Waals surface area contributed by atoms with Crippen LogP contribution in [0.25, 0.3) is 0 Å². The molecule has 0 aliphatic heterocycles. The minimum Gasteiger partial charge on any atom is -0.395 e. The fourth-order valence-electron chi connectivity index (χ4n) is 2.86. The Morgan fingerprint density at radius 2 is 2.00 bits per heavy atom. The van der Waals surface area contributed by atoms with Gasteiger partial charge in [-0.1, -0.05) is 44.2 Å². The summed E-state index contributed by atoms with van der Waals surface area (Å²) in [4.78, 5) is 0. The quantitative estimate of drug-likeness (QED) is 0.837. The summed E-state index contributed by atoms with van der Waals surface area (Å²) >= 11 is 0. The molecule has 2 N–H and O–H groups in total. The van der Waals surface area contributed by atoms with Crippen LogP contribution >= 0.6 is 0 Å². The largest absolute Gasteiger partial charge is 0.395 e. The van der Waals surface area contributed by atoms with Crippen LogP contribution in [0.3, 0.4) is 0 Å². The summed E-state index contributed by atoms with van der Waals surface area (Å²) in [6.45, 7) is 6.88. The number of aliphatic hydroxyl groups is 1. The number of hydrogen-bond acceptors (Lipinski definition) is 2. The highest BCUT2D eigenvalue weighted by molar-refractivity contribution is 5.27. The van der Waals surface area contributed by atoms with Gasteiger partial charge in [-0.2, -0.15) is 0 Å². The van der Waals surface area contributed by atoms with Crippen molar-refractivity contribution in [3.63, 3.8) is 0 Å². The molecule has 0 heterocycles. The van der Waals surface area contributed by atoms with Crippen LogP contribution in [0.15, 0.2) is 30.3 Å². The maximum Gasteiger partial charge on any atom is 0.0582 e. The summed E-state index contributed by atoms with van der Waals surface area (Å²) in [5.74, 6) is 0.632. The van der Waals surface area contributed by atoms with E-state index in [1.54, 1.807) is 0 Å². The molecule has 1 aromatic rings. The summed E-state index contributed by atoms with van der Waals surface area (Å²) in [5, 5.41) is 12.6. The van der Waals surface area contributed by atoms with E-state index in [4.69, 9.17) is 5.11 Å². The standard InChI is InChI=1S/C15H23NO/c1-11(10-17)16-14-9-13(15(14,2)3)12-7-5-4-6-8-12/h4-8,11,13-14,16-17H,9-10H2,1-3H3. The van der Waals surface area contributed by atoms with Crippen molar-refractivity contribution in [3.8, 4) is 0 Å². The number of aliphatic hydroxyl groups excluding tert-OH is 1. The lowest BCUT2D eigenvalue weighted by molar-refractivity contribution is 0.0544. The van der Waals surface area contributed by atoms with E-state index in [2.05, 4.69) is 49.5 Å². The Morgan fingerprint density at radius 3 is 2.53 bits per heavy atom. The molecule has 94 valence electrons. The molecule has 1 aromatic carbocycles. The van der Waals surface area contributed by atoms with Gasteiger partial charge in [0.15, 0.2) is 0 Å². The van der Waals surface area contributed by atoms with Crippen LogP contribution in [0.4, 0.5) is 0 Å². The summed E-state index contributed by atoms with van der Waals surface area (Å²) in [6, 6.07) is 11.4. The second-order valence-electron chi connectivity index (χ2n) is 5.82. The second-order valence-corrected chi connectivity index (χ2v) is 5.82. The van der Waals surface area contributed by atoms with Gasteiger partial charge in [0.25, 0.3) is 0 Å². The molecule has 3 atom stereocenters. The summed E-state index contributed by atoms with van der Waals surface area (Å²) < 4.78 is 0. The Bertz CT molecular complexity index is 360. The third-order valence-electron chi connectivity index (χ3n) is 4.23. The molecule has 0 radical (unpaired) electrons. The molecule has 2 rings (SSSR count). The van der Waals surface area contributed by atoms with E-state index in [-0.39, 0.29) is 18.1 Å². The minimum absolute atomic E-state index is 0.191. The van der Waals surface area contributed by atoms with Crippen LogP contribution in [0.5, 0.6) is 0 Å². The van der Waals surface area contributed by atoms with Crippen LogP contribution in [0.1, 0.15) is 38.7 Å². The van der Waals surface area contributed by atoms with E-state index < -0.39 is 0 Å². The Kier molecular flexibility index (Phi) is 3.55. The van der Waals surface area contributed by atoms with Crippen molar-refractivity contribution in [1.29, 1.82) is 0 Å².